The van der Waals surface area contributed by atoms with E-state index in [1.807, 2.05) is 31.2 Å². The maximum Gasteiger partial charge on any atom is 0.263 e. The number of halogens is 1. The van der Waals surface area contributed by atoms with Crippen molar-refractivity contribution in [2.24, 2.45) is 0 Å². The highest BCUT2D eigenvalue weighted by Gasteiger charge is 2.49. The Labute approximate surface area is 162 Å². The van der Waals surface area contributed by atoms with Gasteiger partial charge in [0.05, 0.1) is 12.1 Å². The summed E-state index contributed by atoms with van der Waals surface area (Å²) in [6.45, 7) is 6.00. The molecule has 1 atom stereocenters. The Kier molecular flexibility index (Phi) is 4.80. The van der Waals surface area contributed by atoms with Crippen LogP contribution in [0.2, 0.25) is 0 Å². The van der Waals surface area contributed by atoms with E-state index in [1.165, 1.54) is 4.90 Å². The van der Waals surface area contributed by atoms with Crippen LogP contribution in [-0.2, 0) is 10.4 Å². The second-order valence-electron chi connectivity index (χ2n) is 7.21. The quantitative estimate of drug-likeness (QED) is 0.756. The fraction of sp³-hybridized carbons (Fsp3) is 0.333. The van der Waals surface area contributed by atoms with E-state index >= 15 is 0 Å². The molecule has 1 N–H and O–H groups in total. The highest BCUT2D eigenvalue weighted by molar-refractivity contribution is 9.10. The summed E-state index contributed by atoms with van der Waals surface area (Å²) in [6.07, 6.45) is -0.276. The average molecular weight is 416 g/mol. The lowest BCUT2D eigenvalue weighted by Crippen LogP contribution is -2.40. The highest BCUT2D eigenvalue weighted by atomic mass is 79.9. The molecule has 0 saturated carbocycles. The molecule has 1 heterocycles. The number of aryl methyl sites for hydroxylation is 1. The van der Waals surface area contributed by atoms with E-state index in [0.717, 1.165) is 15.6 Å². The lowest BCUT2D eigenvalue weighted by molar-refractivity contribution is -0.135. The first kappa shape index (κ1) is 18.8. The second kappa shape index (κ2) is 6.63. The van der Waals surface area contributed by atoms with Crippen LogP contribution < -0.4 is 4.90 Å². The summed E-state index contributed by atoms with van der Waals surface area (Å²) in [5.41, 5.74) is 1.71. The minimum absolute atomic E-state index is 0.234. The number of amides is 1. The normalized spacial score (nSPS) is 19.2. The molecule has 4 nitrogen and oxygen atoms in total. The first-order valence-corrected chi connectivity index (χ1v) is 9.38. The van der Waals surface area contributed by atoms with Gasteiger partial charge >= 0.3 is 0 Å². The Morgan fingerprint density at radius 3 is 2.58 bits per heavy atom. The van der Waals surface area contributed by atoms with Crippen molar-refractivity contribution in [2.45, 2.75) is 38.7 Å². The standard InChI is InChI=1S/C21H22BrNO3/c1-12(2)14-6-5-13(3)16(9-14)19(24)11-21(26)17-10-15(22)7-8-18(17)23(4)20(21)25/h5-10,12,26H,11H2,1-4H3. The van der Waals surface area contributed by atoms with E-state index in [9.17, 15) is 14.7 Å². The number of fused-ring (bicyclic) bond motifs is 1. The largest absolute Gasteiger partial charge is 0.375 e. The van der Waals surface area contributed by atoms with Gasteiger partial charge in [0, 0.05) is 22.6 Å². The van der Waals surface area contributed by atoms with Gasteiger partial charge in [-0.15, -0.1) is 0 Å². The number of ketones is 1. The van der Waals surface area contributed by atoms with Crippen LogP contribution in [0.5, 0.6) is 0 Å². The van der Waals surface area contributed by atoms with Gasteiger partial charge < -0.3 is 10.0 Å². The van der Waals surface area contributed by atoms with E-state index in [-0.39, 0.29) is 12.2 Å². The number of Topliss-reactive ketones (excluding diaryl/α,β-unsaturated/α-hetero) is 1. The molecular formula is C21H22BrNO3. The van der Waals surface area contributed by atoms with Gasteiger partial charge in [0.2, 0.25) is 0 Å². The Morgan fingerprint density at radius 2 is 1.92 bits per heavy atom. The van der Waals surface area contributed by atoms with Crippen molar-refractivity contribution in [1.82, 2.24) is 0 Å². The van der Waals surface area contributed by atoms with Crippen LogP contribution in [0.1, 0.15) is 53.2 Å². The number of rotatable bonds is 4. The van der Waals surface area contributed by atoms with Gasteiger partial charge in [0.25, 0.3) is 5.91 Å². The van der Waals surface area contributed by atoms with Crippen LogP contribution in [0.25, 0.3) is 0 Å². The number of carbonyl (C=O) groups is 2. The van der Waals surface area contributed by atoms with E-state index in [4.69, 9.17) is 0 Å². The van der Waals surface area contributed by atoms with Crippen LogP contribution >= 0.6 is 15.9 Å². The highest BCUT2D eigenvalue weighted by Crippen LogP contribution is 2.43. The Balaban J connectivity index is 2.01. The SMILES string of the molecule is Cc1ccc(C(C)C)cc1C(=O)CC1(O)C(=O)N(C)c2ccc(Br)cc21. The number of carbonyl (C=O) groups excluding carboxylic acids is 2. The summed E-state index contributed by atoms with van der Waals surface area (Å²) in [5, 5.41) is 11.2. The summed E-state index contributed by atoms with van der Waals surface area (Å²) >= 11 is 3.38. The molecule has 0 radical (unpaired) electrons. The Morgan fingerprint density at radius 1 is 1.23 bits per heavy atom. The van der Waals surface area contributed by atoms with Crippen LogP contribution in [0, 0.1) is 6.92 Å². The number of nitrogens with zero attached hydrogens (tertiary/aromatic N) is 1. The van der Waals surface area contributed by atoms with Gasteiger partial charge in [-0.3, -0.25) is 9.59 Å². The molecule has 0 spiro atoms. The molecule has 26 heavy (non-hydrogen) atoms. The Bertz CT molecular complexity index is 906. The first-order chi connectivity index (χ1) is 12.1. The van der Waals surface area contributed by atoms with Crippen LogP contribution in [0.3, 0.4) is 0 Å². The minimum Gasteiger partial charge on any atom is -0.375 e. The smallest absolute Gasteiger partial charge is 0.263 e. The Hall–Kier alpha value is -1.98. The van der Waals surface area contributed by atoms with E-state index in [2.05, 4.69) is 29.8 Å². The van der Waals surface area contributed by atoms with Gasteiger partial charge in [-0.2, -0.15) is 0 Å². The molecule has 0 aliphatic carbocycles. The molecule has 1 amide bonds. The molecule has 1 unspecified atom stereocenters. The van der Waals surface area contributed by atoms with Crippen molar-refractivity contribution in [3.8, 4) is 0 Å². The number of benzene rings is 2. The summed E-state index contributed by atoms with van der Waals surface area (Å²) in [4.78, 5) is 27.1. The molecule has 5 heteroatoms. The fourth-order valence-corrected chi connectivity index (χ4v) is 3.79. The van der Waals surface area contributed by atoms with Gasteiger partial charge in [0.1, 0.15) is 0 Å². The third-order valence-corrected chi connectivity index (χ3v) is 5.56. The number of aliphatic hydroxyl groups is 1. The van der Waals surface area contributed by atoms with Gasteiger partial charge in [-0.05, 0) is 48.2 Å². The summed E-state index contributed by atoms with van der Waals surface area (Å²) in [6, 6.07) is 11.1. The maximum absolute atomic E-state index is 13.0. The molecule has 0 bridgehead atoms. The fourth-order valence-electron chi connectivity index (χ4n) is 3.43. The van der Waals surface area contributed by atoms with Crippen molar-refractivity contribution in [1.29, 1.82) is 0 Å². The lowest BCUT2D eigenvalue weighted by atomic mass is 9.86. The molecule has 136 valence electrons. The van der Waals surface area contributed by atoms with Crippen molar-refractivity contribution in [3.05, 3.63) is 63.1 Å². The van der Waals surface area contributed by atoms with Crippen molar-refractivity contribution < 1.29 is 14.7 Å². The summed E-state index contributed by atoms with van der Waals surface area (Å²) in [7, 11) is 1.61. The minimum atomic E-state index is -1.84. The lowest BCUT2D eigenvalue weighted by Gasteiger charge is -2.22. The molecule has 3 rings (SSSR count). The summed E-state index contributed by atoms with van der Waals surface area (Å²) in [5.74, 6) is -0.417. The number of hydrogen-bond acceptors (Lipinski definition) is 3. The van der Waals surface area contributed by atoms with E-state index in [1.54, 1.807) is 19.2 Å². The average Bonchev–Trinajstić information content (AvgIpc) is 2.76. The molecular weight excluding hydrogens is 394 g/mol. The zero-order valence-corrected chi connectivity index (χ0v) is 16.9. The second-order valence-corrected chi connectivity index (χ2v) is 8.13. The summed E-state index contributed by atoms with van der Waals surface area (Å²) < 4.78 is 0.753. The molecule has 2 aromatic rings. The zero-order chi connectivity index (χ0) is 19.2. The van der Waals surface area contributed by atoms with Crippen molar-refractivity contribution in [3.63, 3.8) is 0 Å². The van der Waals surface area contributed by atoms with Crippen LogP contribution in [0.15, 0.2) is 40.9 Å². The van der Waals surface area contributed by atoms with E-state index in [0.29, 0.717) is 22.7 Å². The number of hydrogen-bond donors (Lipinski definition) is 1. The number of anilines is 1. The van der Waals surface area contributed by atoms with Gasteiger partial charge in [-0.25, -0.2) is 0 Å². The molecule has 1 aliphatic heterocycles. The predicted octanol–water partition coefficient (Wildman–Crippen LogP) is 4.32. The predicted molar refractivity (Wildman–Crippen MR) is 106 cm³/mol. The first-order valence-electron chi connectivity index (χ1n) is 8.59. The van der Waals surface area contributed by atoms with Gasteiger partial charge in [-0.1, -0.05) is 41.9 Å². The molecule has 0 saturated heterocycles. The maximum atomic E-state index is 13.0. The molecule has 0 fully saturated rings. The zero-order valence-electron chi connectivity index (χ0n) is 15.3. The van der Waals surface area contributed by atoms with Crippen LogP contribution in [-0.4, -0.2) is 23.8 Å². The van der Waals surface area contributed by atoms with Crippen molar-refractivity contribution >= 4 is 33.3 Å². The monoisotopic (exact) mass is 415 g/mol. The molecule has 0 aromatic heterocycles. The topological polar surface area (TPSA) is 57.6 Å². The number of likely N-dealkylation sites (N-methyl/N-ethyl adjacent to an activating group) is 1. The third kappa shape index (κ3) is 2.99. The van der Waals surface area contributed by atoms with Crippen LogP contribution in [0.4, 0.5) is 5.69 Å². The molecule has 1 aliphatic rings. The van der Waals surface area contributed by atoms with Gasteiger partial charge in [0.15, 0.2) is 11.4 Å². The molecule has 2 aromatic carbocycles. The van der Waals surface area contributed by atoms with Crippen molar-refractivity contribution in [2.75, 3.05) is 11.9 Å². The van der Waals surface area contributed by atoms with E-state index < -0.39 is 11.5 Å². The third-order valence-electron chi connectivity index (χ3n) is 5.07.